The molecule has 0 aromatic rings. The predicted molar refractivity (Wildman–Crippen MR) is 37.3 cm³/mol. The van der Waals surface area contributed by atoms with Crippen LogP contribution in [0.5, 0.6) is 0 Å². The van der Waals surface area contributed by atoms with Crippen molar-refractivity contribution < 1.29 is 9.47 Å². The van der Waals surface area contributed by atoms with Crippen molar-refractivity contribution in [2.75, 3.05) is 0 Å². The number of ether oxygens (including phenoxy) is 2. The highest BCUT2D eigenvalue weighted by Gasteiger charge is 2.61. The molecule has 0 unspecified atom stereocenters. The first kappa shape index (κ1) is 5.51. The lowest BCUT2D eigenvalue weighted by atomic mass is 9.87. The van der Waals surface area contributed by atoms with Crippen molar-refractivity contribution in [3.05, 3.63) is 0 Å². The van der Waals surface area contributed by atoms with Crippen molar-refractivity contribution in [1.82, 2.24) is 5.32 Å². The Hall–Kier alpha value is -0.120. The molecule has 60 valence electrons. The topological polar surface area (TPSA) is 37.1 Å². The lowest BCUT2D eigenvalue weighted by Crippen LogP contribution is -2.53. The summed E-state index contributed by atoms with van der Waals surface area (Å²) in [5.74, 6) is 0. The first-order valence-corrected chi connectivity index (χ1v) is 4.49. The van der Waals surface area contributed by atoms with Crippen LogP contribution in [0.15, 0.2) is 0 Å². The Labute approximate surface area is 65.0 Å². The third-order valence-electron chi connectivity index (χ3n) is 3.44. The van der Waals surface area contributed by atoms with E-state index in [0.717, 1.165) is 0 Å². The van der Waals surface area contributed by atoms with Crippen LogP contribution in [0.3, 0.4) is 0 Å². The van der Waals surface area contributed by atoms with Crippen molar-refractivity contribution in [2.45, 2.75) is 49.3 Å². The summed E-state index contributed by atoms with van der Waals surface area (Å²) in [4.78, 5) is 0. The number of hydrogen-bond donors (Lipinski definition) is 1. The third kappa shape index (κ3) is 0.604. The number of piperidine rings is 2. The molecule has 4 rings (SSSR count). The molecule has 0 radical (unpaired) electrons. The van der Waals surface area contributed by atoms with E-state index in [1.54, 1.807) is 0 Å². The van der Waals surface area contributed by atoms with Gasteiger partial charge in [-0.15, -0.1) is 0 Å². The number of hydrogen-bond acceptors (Lipinski definition) is 3. The summed E-state index contributed by atoms with van der Waals surface area (Å²) < 4.78 is 11.1. The van der Waals surface area contributed by atoms with E-state index in [9.17, 15) is 0 Å². The molecule has 4 aliphatic heterocycles. The Balaban J connectivity index is 1.70. The summed E-state index contributed by atoms with van der Waals surface area (Å²) in [5.41, 5.74) is 0. The molecular weight excluding hydrogens is 142 g/mol. The van der Waals surface area contributed by atoms with E-state index in [1.807, 2.05) is 0 Å². The second kappa shape index (κ2) is 1.49. The van der Waals surface area contributed by atoms with Gasteiger partial charge in [-0.2, -0.15) is 0 Å². The van der Waals surface area contributed by atoms with Gasteiger partial charge in [-0.3, -0.25) is 0 Å². The molecular formula is C8H11NO2. The second-order valence-corrected chi connectivity index (χ2v) is 4.13. The van der Waals surface area contributed by atoms with Crippen molar-refractivity contribution >= 4 is 0 Å². The van der Waals surface area contributed by atoms with Crippen LogP contribution in [-0.2, 0) is 9.47 Å². The highest BCUT2D eigenvalue weighted by Crippen LogP contribution is 2.46. The normalized spacial score (nSPS) is 69.8. The van der Waals surface area contributed by atoms with Crippen molar-refractivity contribution in [1.29, 1.82) is 0 Å². The maximum Gasteiger partial charge on any atom is 0.0996 e. The summed E-state index contributed by atoms with van der Waals surface area (Å²) in [6.45, 7) is 0. The van der Waals surface area contributed by atoms with Crippen LogP contribution in [0.2, 0.25) is 0 Å². The fourth-order valence-corrected chi connectivity index (χ4v) is 2.77. The first-order chi connectivity index (χ1) is 5.42. The van der Waals surface area contributed by atoms with E-state index in [0.29, 0.717) is 36.5 Å². The molecule has 0 aliphatic carbocycles. The van der Waals surface area contributed by atoms with Crippen molar-refractivity contribution in [2.24, 2.45) is 0 Å². The van der Waals surface area contributed by atoms with Gasteiger partial charge >= 0.3 is 0 Å². The Kier molecular flexibility index (Phi) is 0.746. The minimum absolute atomic E-state index is 0.538. The standard InChI is InChI=1S/C8H11NO2/c1-3-7-6(11-7)2-4(9-3)8-5(1)10-8/h3-9H,1-2H2/t3-,4-,5-,6+,7-,8+/m0/s1. The molecule has 11 heavy (non-hydrogen) atoms. The molecule has 6 atom stereocenters. The van der Waals surface area contributed by atoms with E-state index in [2.05, 4.69) is 5.32 Å². The van der Waals surface area contributed by atoms with Gasteiger partial charge in [0.05, 0.1) is 24.4 Å². The molecule has 4 aliphatic rings. The van der Waals surface area contributed by atoms with Gasteiger partial charge in [0.2, 0.25) is 0 Å². The molecule has 0 aromatic carbocycles. The molecule has 0 spiro atoms. The van der Waals surface area contributed by atoms with Gasteiger partial charge in [-0.1, -0.05) is 0 Å². The SMILES string of the molecule is C1[C@@H]2N[C@@H](C[C@H]3O[C@@H]23)[C@H]2O[C@@H]12. The Bertz CT molecular complexity index is 198. The van der Waals surface area contributed by atoms with Crippen LogP contribution in [0.1, 0.15) is 12.8 Å². The third-order valence-corrected chi connectivity index (χ3v) is 3.44. The molecule has 0 amide bonds. The fourth-order valence-electron chi connectivity index (χ4n) is 2.77. The zero-order chi connectivity index (χ0) is 7.00. The maximum atomic E-state index is 5.54. The Morgan fingerprint density at radius 3 is 2.00 bits per heavy atom. The minimum atomic E-state index is 0.538. The molecule has 1 N–H and O–H groups in total. The highest BCUT2D eigenvalue weighted by molar-refractivity contribution is 5.14. The van der Waals surface area contributed by atoms with Gasteiger partial charge in [-0.05, 0) is 12.8 Å². The molecule has 4 heterocycles. The summed E-state index contributed by atoms with van der Waals surface area (Å²) in [7, 11) is 0. The number of fused-ring (bicyclic) bond motifs is 6. The maximum absolute atomic E-state index is 5.54. The summed E-state index contributed by atoms with van der Waals surface area (Å²) in [6, 6.07) is 1.23. The number of nitrogens with one attached hydrogen (secondary N) is 1. The van der Waals surface area contributed by atoms with Crippen molar-refractivity contribution in [3.8, 4) is 0 Å². The second-order valence-electron chi connectivity index (χ2n) is 4.13. The van der Waals surface area contributed by atoms with Crippen LogP contribution in [0.25, 0.3) is 0 Å². The average molecular weight is 153 g/mol. The molecule has 3 nitrogen and oxygen atoms in total. The van der Waals surface area contributed by atoms with E-state index in [-0.39, 0.29) is 0 Å². The van der Waals surface area contributed by atoms with Crippen LogP contribution < -0.4 is 5.32 Å². The smallest absolute Gasteiger partial charge is 0.0996 e. The van der Waals surface area contributed by atoms with Crippen molar-refractivity contribution in [3.63, 3.8) is 0 Å². The van der Waals surface area contributed by atoms with Crippen LogP contribution >= 0.6 is 0 Å². The van der Waals surface area contributed by atoms with E-state index in [1.165, 1.54) is 12.8 Å². The van der Waals surface area contributed by atoms with E-state index in [4.69, 9.17) is 9.47 Å². The lowest BCUT2D eigenvalue weighted by Gasteiger charge is -2.30. The number of epoxide rings is 2. The van der Waals surface area contributed by atoms with Gasteiger partial charge in [0.15, 0.2) is 0 Å². The van der Waals surface area contributed by atoms with Crippen LogP contribution in [0, 0.1) is 0 Å². The van der Waals surface area contributed by atoms with Gasteiger partial charge in [0, 0.05) is 12.1 Å². The molecule has 0 saturated carbocycles. The molecule has 2 bridgehead atoms. The lowest BCUT2D eigenvalue weighted by molar-refractivity contribution is 0.291. The monoisotopic (exact) mass is 153 g/mol. The van der Waals surface area contributed by atoms with E-state index >= 15 is 0 Å². The minimum Gasteiger partial charge on any atom is -0.368 e. The summed E-state index contributed by atoms with van der Waals surface area (Å²) >= 11 is 0. The van der Waals surface area contributed by atoms with Gasteiger partial charge in [0.1, 0.15) is 0 Å². The fraction of sp³-hybridized carbons (Fsp3) is 1.00. The quantitative estimate of drug-likeness (QED) is 0.483. The molecule has 0 aromatic heterocycles. The van der Waals surface area contributed by atoms with Gasteiger partial charge in [-0.25, -0.2) is 0 Å². The first-order valence-electron chi connectivity index (χ1n) is 4.49. The molecule has 3 heteroatoms. The van der Waals surface area contributed by atoms with Crippen LogP contribution in [-0.4, -0.2) is 36.5 Å². The molecule has 4 saturated heterocycles. The predicted octanol–water partition coefficient (Wildman–Crippen LogP) is -0.345. The number of rotatable bonds is 0. The van der Waals surface area contributed by atoms with E-state index < -0.39 is 0 Å². The Morgan fingerprint density at radius 2 is 1.45 bits per heavy atom. The van der Waals surface area contributed by atoms with Crippen LogP contribution in [0.4, 0.5) is 0 Å². The van der Waals surface area contributed by atoms with Gasteiger partial charge in [0.25, 0.3) is 0 Å². The summed E-state index contributed by atoms with van der Waals surface area (Å²) in [5, 5.41) is 3.59. The molecule has 4 fully saturated rings. The summed E-state index contributed by atoms with van der Waals surface area (Å²) in [6.07, 6.45) is 4.60. The highest BCUT2D eigenvalue weighted by atomic mass is 16.6. The Morgan fingerprint density at radius 1 is 0.909 bits per heavy atom. The largest absolute Gasteiger partial charge is 0.368 e. The van der Waals surface area contributed by atoms with Gasteiger partial charge < -0.3 is 14.8 Å². The zero-order valence-corrected chi connectivity index (χ0v) is 6.19. The zero-order valence-electron chi connectivity index (χ0n) is 6.19. The average Bonchev–Trinajstić information content (AvgIpc) is 2.73.